The van der Waals surface area contributed by atoms with Crippen LogP contribution >= 0.6 is 0 Å². The minimum Gasteiger partial charge on any atom is -0.264 e. The summed E-state index contributed by atoms with van der Waals surface area (Å²) in [6, 6.07) is 13.8. The summed E-state index contributed by atoms with van der Waals surface area (Å²) >= 11 is 0. The van der Waals surface area contributed by atoms with Crippen molar-refractivity contribution in [3.05, 3.63) is 89.0 Å². The second-order valence-electron chi connectivity index (χ2n) is 11.0. The summed E-state index contributed by atoms with van der Waals surface area (Å²) < 4.78 is 4.68. The van der Waals surface area contributed by atoms with E-state index < -0.39 is 0 Å². The summed E-state index contributed by atoms with van der Waals surface area (Å²) in [6.45, 7) is 16.1. The quantitative estimate of drug-likeness (QED) is 0.301. The molecule has 34 heavy (non-hydrogen) atoms. The molecule has 2 heterocycles. The molecule has 0 bridgehead atoms. The van der Waals surface area contributed by atoms with Gasteiger partial charge in [-0.15, -0.1) is 0 Å². The van der Waals surface area contributed by atoms with Crippen molar-refractivity contribution in [1.29, 1.82) is 0 Å². The molecule has 0 atom stereocenters. The van der Waals surface area contributed by atoms with Gasteiger partial charge in [-0.25, -0.2) is 4.57 Å². The number of para-hydroxylation sites is 1. The Hall–Kier alpha value is -3.20. The molecule has 0 N–H and O–H groups in total. The fraction of sp³-hybridized carbons (Fsp3) is 0.355. The van der Waals surface area contributed by atoms with Crippen molar-refractivity contribution >= 4 is 0 Å². The van der Waals surface area contributed by atoms with Crippen molar-refractivity contribution in [3.63, 3.8) is 0 Å². The normalized spacial score (nSPS) is 14.1. The molecule has 0 radical (unpaired) electrons. The SMILES string of the molecule is Cc1cc2c(cc1-c1n(-c3c(C(C)C)cccc3C(C)C)cc[n+]1C)-c1cnccc1C2(C)C. The lowest BCUT2D eigenvalue weighted by atomic mass is 9.82. The molecule has 3 heteroatoms. The molecule has 0 aliphatic heterocycles. The first kappa shape index (κ1) is 22.6. The molecular weight excluding hydrogens is 414 g/mol. The topological polar surface area (TPSA) is 21.7 Å². The number of benzene rings is 2. The number of imidazole rings is 1. The van der Waals surface area contributed by atoms with Gasteiger partial charge in [0.25, 0.3) is 5.82 Å². The fourth-order valence-corrected chi connectivity index (χ4v) is 5.76. The molecule has 1 aliphatic rings. The van der Waals surface area contributed by atoms with Gasteiger partial charge in [0, 0.05) is 34.5 Å². The van der Waals surface area contributed by atoms with Crippen LogP contribution in [0.1, 0.15) is 81.2 Å². The smallest absolute Gasteiger partial charge is 0.264 e. The van der Waals surface area contributed by atoms with Crippen LogP contribution in [0.4, 0.5) is 0 Å². The van der Waals surface area contributed by atoms with Crippen LogP contribution in [0.2, 0.25) is 0 Å². The van der Waals surface area contributed by atoms with Crippen molar-refractivity contribution < 1.29 is 4.57 Å². The number of rotatable bonds is 4. The molecular formula is C31H36N3+. The first-order valence-electron chi connectivity index (χ1n) is 12.4. The molecule has 1 aliphatic carbocycles. The summed E-state index contributed by atoms with van der Waals surface area (Å²) in [5.41, 5.74) is 12.0. The van der Waals surface area contributed by atoms with Crippen LogP contribution in [-0.4, -0.2) is 9.55 Å². The molecule has 0 unspecified atom stereocenters. The van der Waals surface area contributed by atoms with Crippen LogP contribution in [0.15, 0.2) is 61.2 Å². The average Bonchev–Trinajstić information content (AvgIpc) is 3.28. The number of hydrogen-bond acceptors (Lipinski definition) is 1. The van der Waals surface area contributed by atoms with Crippen LogP contribution in [0.5, 0.6) is 0 Å². The molecule has 174 valence electrons. The summed E-state index contributed by atoms with van der Waals surface area (Å²) in [5.74, 6) is 2.09. The highest BCUT2D eigenvalue weighted by Gasteiger charge is 2.37. The Balaban J connectivity index is 1.80. The highest BCUT2D eigenvalue weighted by Crippen LogP contribution is 2.50. The third-order valence-electron chi connectivity index (χ3n) is 7.65. The van der Waals surface area contributed by atoms with Crippen molar-refractivity contribution in [3.8, 4) is 28.2 Å². The van der Waals surface area contributed by atoms with Crippen LogP contribution in [-0.2, 0) is 12.5 Å². The summed E-state index contributed by atoms with van der Waals surface area (Å²) in [6.07, 6.45) is 8.37. The van der Waals surface area contributed by atoms with E-state index in [9.17, 15) is 0 Å². The Morgan fingerprint density at radius 2 is 1.56 bits per heavy atom. The number of pyridine rings is 1. The molecule has 2 aromatic carbocycles. The molecule has 0 spiro atoms. The Bertz CT molecular complexity index is 1380. The van der Waals surface area contributed by atoms with E-state index >= 15 is 0 Å². The van der Waals surface area contributed by atoms with E-state index in [-0.39, 0.29) is 5.41 Å². The van der Waals surface area contributed by atoms with Gasteiger partial charge < -0.3 is 0 Å². The molecule has 0 fully saturated rings. The number of fused-ring (bicyclic) bond motifs is 3. The van der Waals surface area contributed by atoms with E-state index in [1.165, 1.54) is 56.0 Å². The van der Waals surface area contributed by atoms with Crippen LogP contribution < -0.4 is 4.57 Å². The monoisotopic (exact) mass is 450 g/mol. The van der Waals surface area contributed by atoms with E-state index in [1.54, 1.807) is 0 Å². The zero-order valence-corrected chi connectivity index (χ0v) is 21.8. The fourth-order valence-electron chi connectivity index (χ4n) is 5.76. The molecule has 0 amide bonds. The zero-order chi connectivity index (χ0) is 24.4. The number of aryl methyl sites for hydroxylation is 2. The summed E-state index contributed by atoms with van der Waals surface area (Å²) in [5, 5.41) is 0. The maximum Gasteiger partial charge on any atom is 0.294 e. The molecule has 2 aromatic heterocycles. The largest absolute Gasteiger partial charge is 0.294 e. The number of nitrogens with zero attached hydrogens (tertiary/aromatic N) is 3. The Morgan fingerprint density at radius 3 is 2.21 bits per heavy atom. The minimum atomic E-state index is -0.0177. The Labute approximate surface area is 204 Å². The Kier molecular flexibility index (Phi) is 5.27. The van der Waals surface area contributed by atoms with Gasteiger partial charge in [-0.2, -0.15) is 4.57 Å². The van der Waals surface area contributed by atoms with E-state index in [4.69, 9.17) is 0 Å². The van der Waals surface area contributed by atoms with E-state index in [1.807, 2.05) is 12.4 Å². The third-order valence-corrected chi connectivity index (χ3v) is 7.65. The zero-order valence-electron chi connectivity index (χ0n) is 21.8. The van der Waals surface area contributed by atoms with Crippen molar-refractivity contribution in [2.24, 2.45) is 7.05 Å². The third kappa shape index (κ3) is 3.25. The highest BCUT2D eigenvalue weighted by molar-refractivity contribution is 5.84. The van der Waals surface area contributed by atoms with Gasteiger partial charge in [0.05, 0.1) is 12.6 Å². The van der Waals surface area contributed by atoms with E-state index in [0.29, 0.717) is 11.8 Å². The van der Waals surface area contributed by atoms with Gasteiger partial charge in [-0.05, 0) is 53.1 Å². The summed E-state index contributed by atoms with van der Waals surface area (Å²) in [7, 11) is 2.16. The molecule has 0 saturated heterocycles. The van der Waals surface area contributed by atoms with Crippen LogP contribution in [0.3, 0.4) is 0 Å². The lowest BCUT2D eigenvalue weighted by molar-refractivity contribution is -0.659. The standard InChI is InChI=1S/C31H36N3/c1-19(2)22-10-9-11-23(20(3)4)29(22)34-15-14-33(8)30(34)24-17-25-26-18-32-13-12-27(26)31(6,7)28(25)16-21(24)5/h9-20H,1-8H3/q+1. The van der Waals surface area contributed by atoms with Gasteiger partial charge >= 0.3 is 0 Å². The van der Waals surface area contributed by atoms with Crippen molar-refractivity contribution in [2.75, 3.05) is 0 Å². The van der Waals surface area contributed by atoms with Crippen molar-refractivity contribution in [2.45, 2.75) is 65.7 Å². The van der Waals surface area contributed by atoms with E-state index in [2.05, 4.69) is 118 Å². The Morgan fingerprint density at radius 1 is 0.882 bits per heavy atom. The van der Waals surface area contributed by atoms with Crippen LogP contribution in [0.25, 0.3) is 28.2 Å². The lowest BCUT2D eigenvalue weighted by Gasteiger charge is -2.22. The number of aromatic nitrogens is 3. The van der Waals surface area contributed by atoms with Gasteiger partial charge in [-0.1, -0.05) is 65.8 Å². The second kappa shape index (κ2) is 7.94. The van der Waals surface area contributed by atoms with E-state index in [0.717, 1.165) is 0 Å². The van der Waals surface area contributed by atoms with Crippen LogP contribution in [0, 0.1) is 6.92 Å². The molecule has 5 rings (SSSR count). The summed E-state index contributed by atoms with van der Waals surface area (Å²) in [4.78, 5) is 4.47. The average molecular weight is 451 g/mol. The minimum absolute atomic E-state index is 0.0177. The molecule has 3 nitrogen and oxygen atoms in total. The number of hydrogen-bond donors (Lipinski definition) is 0. The maximum absolute atomic E-state index is 4.47. The van der Waals surface area contributed by atoms with Gasteiger partial charge in [0.15, 0.2) is 0 Å². The van der Waals surface area contributed by atoms with Crippen molar-refractivity contribution in [1.82, 2.24) is 9.55 Å². The maximum atomic E-state index is 4.47. The molecule has 0 saturated carbocycles. The first-order valence-corrected chi connectivity index (χ1v) is 12.4. The lowest BCUT2D eigenvalue weighted by Crippen LogP contribution is -2.29. The molecule has 4 aromatic rings. The highest BCUT2D eigenvalue weighted by atomic mass is 15.1. The predicted octanol–water partition coefficient (Wildman–Crippen LogP) is 7.23. The van der Waals surface area contributed by atoms with Gasteiger partial charge in [0.1, 0.15) is 18.1 Å². The van der Waals surface area contributed by atoms with Gasteiger partial charge in [-0.3, -0.25) is 4.98 Å². The second-order valence-corrected chi connectivity index (χ2v) is 11.0. The van der Waals surface area contributed by atoms with Gasteiger partial charge in [0.2, 0.25) is 0 Å². The first-order chi connectivity index (χ1) is 16.1. The predicted molar refractivity (Wildman–Crippen MR) is 141 cm³/mol.